The Morgan fingerprint density at radius 2 is 2.00 bits per heavy atom. The second-order valence-electron chi connectivity index (χ2n) is 4.52. The van der Waals surface area contributed by atoms with Crippen LogP contribution in [0.4, 0.5) is 10.1 Å². The third-order valence-electron chi connectivity index (χ3n) is 2.74. The van der Waals surface area contributed by atoms with Crippen LogP contribution in [0.15, 0.2) is 21.5 Å². The molecule has 0 aliphatic rings. The van der Waals surface area contributed by atoms with Crippen LogP contribution < -0.4 is 10.5 Å². The summed E-state index contributed by atoms with van der Waals surface area (Å²) >= 11 is 2.95. The Bertz CT molecular complexity index is 567. The van der Waals surface area contributed by atoms with Crippen molar-refractivity contribution >= 4 is 31.6 Å². The van der Waals surface area contributed by atoms with Crippen LogP contribution in [-0.2, 0) is 14.8 Å². The lowest BCUT2D eigenvalue weighted by molar-refractivity contribution is 0.130. The molecule has 0 unspecified atom stereocenters. The van der Waals surface area contributed by atoms with Gasteiger partial charge in [0.15, 0.2) is 0 Å². The quantitative estimate of drug-likeness (QED) is 0.508. The average molecular weight is 383 g/mol. The summed E-state index contributed by atoms with van der Waals surface area (Å²) in [4.78, 5) is -0.136. The van der Waals surface area contributed by atoms with E-state index < -0.39 is 15.8 Å². The van der Waals surface area contributed by atoms with E-state index in [1.165, 1.54) is 0 Å². The number of anilines is 1. The van der Waals surface area contributed by atoms with Crippen molar-refractivity contribution in [3.05, 3.63) is 22.4 Å². The number of sulfonamides is 1. The molecule has 0 aromatic heterocycles. The fourth-order valence-corrected chi connectivity index (χ4v) is 3.29. The lowest BCUT2D eigenvalue weighted by atomic mass is 10.3. The molecule has 0 fully saturated rings. The van der Waals surface area contributed by atoms with Crippen molar-refractivity contribution in [3.8, 4) is 0 Å². The Morgan fingerprint density at radius 1 is 1.33 bits per heavy atom. The van der Waals surface area contributed by atoms with E-state index in [2.05, 4.69) is 27.6 Å². The van der Waals surface area contributed by atoms with E-state index in [0.717, 1.165) is 25.0 Å². The van der Waals surface area contributed by atoms with Gasteiger partial charge in [0.1, 0.15) is 10.7 Å². The summed E-state index contributed by atoms with van der Waals surface area (Å²) in [6, 6.07) is 2.14. The number of nitrogen functional groups attached to an aromatic ring is 1. The van der Waals surface area contributed by atoms with Gasteiger partial charge in [-0.3, -0.25) is 0 Å². The van der Waals surface area contributed by atoms with Crippen LogP contribution in [0, 0.1) is 5.82 Å². The molecule has 0 heterocycles. The molecule has 0 aliphatic heterocycles. The molecule has 1 aromatic carbocycles. The summed E-state index contributed by atoms with van der Waals surface area (Å²) < 4.78 is 45.2. The molecule has 0 spiro atoms. The van der Waals surface area contributed by atoms with Crippen molar-refractivity contribution < 1.29 is 17.5 Å². The molecule has 0 bridgehead atoms. The topological polar surface area (TPSA) is 81.4 Å². The van der Waals surface area contributed by atoms with Crippen LogP contribution in [0.3, 0.4) is 0 Å². The SMILES string of the molecule is CCCCOCCCNS(=O)(=O)c1cc(Br)c(F)cc1N. The number of hydrogen-bond acceptors (Lipinski definition) is 4. The van der Waals surface area contributed by atoms with Crippen molar-refractivity contribution in [2.24, 2.45) is 0 Å². The molecule has 0 amide bonds. The zero-order valence-corrected chi connectivity index (χ0v) is 14.3. The summed E-state index contributed by atoms with van der Waals surface area (Å²) in [6.07, 6.45) is 2.61. The number of nitrogens with two attached hydrogens (primary N) is 1. The minimum atomic E-state index is -3.75. The number of unbranched alkanes of at least 4 members (excludes halogenated alkanes) is 1. The van der Waals surface area contributed by atoms with E-state index >= 15 is 0 Å². The Kier molecular flexibility index (Phi) is 7.58. The highest BCUT2D eigenvalue weighted by Crippen LogP contribution is 2.25. The fourth-order valence-electron chi connectivity index (χ4n) is 1.58. The maximum Gasteiger partial charge on any atom is 0.242 e. The van der Waals surface area contributed by atoms with E-state index in [1.54, 1.807) is 0 Å². The van der Waals surface area contributed by atoms with Gasteiger partial charge in [0.2, 0.25) is 10.0 Å². The highest BCUT2D eigenvalue weighted by Gasteiger charge is 2.19. The Hall–Kier alpha value is -0.700. The van der Waals surface area contributed by atoms with Crippen LogP contribution in [0.25, 0.3) is 0 Å². The molecule has 0 aliphatic carbocycles. The molecule has 1 aromatic rings. The van der Waals surface area contributed by atoms with Gasteiger partial charge >= 0.3 is 0 Å². The number of ether oxygens (including phenoxy) is 1. The molecule has 5 nitrogen and oxygen atoms in total. The molecule has 1 rings (SSSR count). The second-order valence-corrected chi connectivity index (χ2v) is 7.11. The van der Waals surface area contributed by atoms with E-state index in [1.807, 2.05) is 0 Å². The van der Waals surface area contributed by atoms with Gasteiger partial charge in [0.25, 0.3) is 0 Å². The highest BCUT2D eigenvalue weighted by molar-refractivity contribution is 9.10. The van der Waals surface area contributed by atoms with Crippen LogP contribution in [0.1, 0.15) is 26.2 Å². The summed E-state index contributed by atoms with van der Waals surface area (Å²) in [7, 11) is -3.75. The first-order valence-electron chi connectivity index (χ1n) is 6.70. The third kappa shape index (κ3) is 5.90. The van der Waals surface area contributed by atoms with E-state index in [9.17, 15) is 12.8 Å². The number of benzene rings is 1. The Labute approximate surface area is 133 Å². The van der Waals surface area contributed by atoms with Gasteiger partial charge in [-0.1, -0.05) is 13.3 Å². The molecule has 0 saturated heterocycles. The molecule has 120 valence electrons. The van der Waals surface area contributed by atoms with Gasteiger partial charge in [0, 0.05) is 19.8 Å². The van der Waals surface area contributed by atoms with Crippen LogP contribution in [0.5, 0.6) is 0 Å². The first-order chi connectivity index (χ1) is 9.88. The van der Waals surface area contributed by atoms with Gasteiger partial charge in [-0.15, -0.1) is 0 Å². The smallest absolute Gasteiger partial charge is 0.242 e. The normalized spacial score (nSPS) is 11.8. The Morgan fingerprint density at radius 3 is 2.67 bits per heavy atom. The zero-order valence-electron chi connectivity index (χ0n) is 11.9. The predicted molar refractivity (Wildman–Crippen MR) is 84.0 cm³/mol. The summed E-state index contributed by atoms with van der Waals surface area (Å²) in [5.41, 5.74) is 5.43. The summed E-state index contributed by atoms with van der Waals surface area (Å²) in [6.45, 7) is 3.48. The lowest BCUT2D eigenvalue weighted by Crippen LogP contribution is -2.26. The fraction of sp³-hybridized carbons (Fsp3) is 0.538. The second kappa shape index (κ2) is 8.67. The number of halogens is 2. The highest BCUT2D eigenvalue weighted by atomic mass is 79.9. The predicted octanol–water partition coefficient (Wildman–Crippen LogP) is 2.66. The van der Waals surface area contributed by atoms with Gasteiger partial charge < -0.3 is 10.5 Å². The first kappa shape index (κ1) is 18.3. The van der Waals surface area contributed by atoms with Crippen molar-refractivity contribution in [1.29, 1.82) is 0 Å². The molecular formula is C13H20BrFN2O3S. The van der Waals surface area contributed by atoms with E-state index in [4.69, 9.17) is 10.5 Å². The number of nitrogens with one attached hydrogen (secondary N) is 1. The molecule has 0 radical (unpaired) electrons. The summed E-state index contributed by atoms with van der Waals surface area (Å²) in [5, 5.41) is 0. The number of rotatable bonds is 9. The maximum absolute atomic E-state index is 13.2. The lowest BCUT2D eigenvalue weighted by Gasteiger charge is -2.10. The number of hydrogen-bond donors (Lipinski definition) is 2. The van der Waals surface area contributed by atoms with Gasteiger partial charge in [0.05, 0.1) is 10.2 Å². The first-order valence-corrected chi connectivity index (χ1v) is 8.98. The van der Waals surface area contributed by atoms with Gasteiger partial charge in [-0.25, -0.2) is 17.5 Å². The molecule has 3 N–H and O–H groups in total. The van der Waals surface area contributed by atoms with Crippen LogP contribution in [0.2, 0.25) is 0 Å². The van der Waals surface area contributed by atoms with E-state index in [0.29, 0.717) is 19.6 Å². The molecule has 0 saturated carbocycles. The minimum Gasteiger partial charge on any atom is -0.398 e. The largest absolute Gasteiger partial charge is 0.398 e. The van der Waals surface area contributed by atoms with Gasteiger partial charge in [-0.05, 0) is 40.9 Å². The van der Waals surface area contributed by atoms with Crippen molar-refractivity contribution in [3.63, 3.8) is 0 Å². The Balaban J connectivity index is 2.53. The van der Waals surface area contributed by atoms with Crippen molar-refractivity contribution in [2.45, 2.75) is 31.1 Å². The van der Waals surface area contributed by atoms with E-state index in [-0.39, 0.29) is 21.6 Å². The van der Waals surface area contributed by atoms with Gasteiger partial charge in [-0.2, -0.15) is 0 Å². The van der Waals surface area contributed by atoms with Crippen molar-refractivity contribution in [1.82, 2.24) is 4.72 Å². The zero-order chi connectivity index (χ0) is 15.9. The monoisotopic (exact) mass is 382 g/mol. The molecule has 8 heteroatoms. The molecule has 0 atom stereocenters. The average Bonchev–Trinajstić information content (AvgIpc) is 2.41. The maximum atomic E-state index is 13.2. The van der Waals surface area contributed by atoms with Crippen LogP contribution in [-0.4, -0.2) is 28.2 Å². The summed E-state index contributed by atoms with van der Waals surface area (Å²) in [5.74, 6) is -0.601. The van der Waals surface area contributed by atoms with Crippen molar-refractivity contribution in [2.75, 3.05) is 25.5 Å². The standard InChI is InChI=1S/C13H20BrFN2O3S/c1-2-3-6-20-7-4-5-17-21(18,19)13-8-10(14)11(15)9-12(13)16/h8-9,17H,2-7,16H2,1H3. The third-order valence-corrected chi connectivity index (χ3v) is 4.87. The minimum absolute atomic E-state index is 0.0555. The van der Waals surface area contributed by atoms with Crippen LogP contribution >= 0.6 is 15.9 Å². The molecule has 21 heavy (non-hydrogen) atoms. The molecular weight excluding hydrogens is 363 g/mol.